The standard InChI is InChI=1S/C11H13BrClN/c12-9-6-3-7-10(11(9)13)14-8-4-1-2-5-8/h3,6-8,14H,1-2,4-5H2. The fraction of sp³-hybridized carbons (Fsp3) is 0.455. The van der Waals surface area contributed by atoms with Crippen molar-refractivity contribution in [1.29, 1.82) is 0 Å². The molecule has 2 rings (SSSR count). The number of rotatable bonds is 2. The fourth-order valence-corrected chi connectivity index (χ4v) is 2.45. The number of hydrogen-bond acceptors (Lipinski definition) is 1. The second kappa shape index (κ2) is 4.54. The van der Waals surface area contributed by atoms with Gasteiger partial charge in [0.25, 0.3) is 0 Å². The van der Waals surface area contributed by atoms with E-state index >= 15 is 0 Å². The largest absolute Gasteiger partial charge is 0.381 e. The molecule has 0 aromatic heterocycles. The quantitative estimate of drug-likeness (QED) is 0.840. The predicted molar refractivity (Wildman–Crippen MR) is 65.0 cm³/mol. The highest BCUT2D eigenvalue weighted by molar-refractivity contribution is 9.10. The fourth-order valence-electron chi connectivity index (χ4n) is 1.91. The average molecular weight is 275 g/mol. The van der Waals surface area contributed by atoms with Crippen LogP contribution in [0.25, 0.3) is 0 Å². The molecule has 0 heterocycles. The molecule has 1 saturated carbocycles. The molecular weight excluding hydrogens is 261 g/mol. The van der Waals surface area contributed by atoms with Gasteiger partial charge < -0.3 is 5.32 Å². The van der Waals surface area contributed by atoms with Gasteiger partial charge in [-0.25, -0.2) is 0 Å². The Morgan fingerprint density at radius 3 is 2.71 bits per heavy atom. The molecule has 1 aromatic rings. The number of anilines is 1. The summed E-state index contributed by atoms with van der Waals surface area (Å²) in [4.78, 5) is 0. The molecule has 1 nitrogen and oxygen atoms in total. The van der Waals surface area contributed by atoms with Crippen LogP contribution in [0.5, 0.6) is 0 Å². The van der Waals surface area contributed by atoms with E-state index in [1.807, 2.05) is 18.2 Å². The molecule has 0 spiro atoms. The Bertz CT molecular complexity index is 321. The molecule has 0 atom stereocenters. The minimum atomic E-state index is 0.613. The minimum Gasteiger partial charge on any atom is -0.381 e. The van der Waals surface area contributed by atoms with E-state index in [0.29, 0.717) is 6.04 Å². The van der Waals surface area contributed by atoms with Crippen LogP contribution in [0.15, 0.2) is 22.7 Å². The van der Waals surface area contributed by atoms with E-state index < -0.39 is 0 Å². The van der Waals surface area contributed by atoms with Gasteiger partial charge in [0.1, 0.15) is 0 Å². The highest BCUT2D eigenvalue weighted by atomic mass is 79.9. The maximum atomic E-state index is 6.16. The Balaban J connectivity index is 2.11. The first-order chi connectivity index (χ1) is 6.77. The summed E-state index contributed by atoms with van der Waals surface area (Å²) < 4.78 is 0.960. The van der Waals surface area contributed by atoms with Crippen molar-refractivity contribution in [3.8, 4) is 0 Å². The second-order valence-corrected chi connectivity index (χ2v) is 4.96. The minimum absolute atomic E-state index is 0.613. The van der Waals surface area contributed by atoms with Crippen molar-refractivity contribution in [2.75, 3.05) is 5.32 Å². The Kier molecular flexibility index (Phi) is 3.34. The van der Waals surface area contributed by atoms with Crippen LogP contribution in [0.4, 0.5) is 5.69 Å². The van der Waals surface area contributed by atoms with Crippen molar-refractivity contribution in [3.05, 3.63) is 27.7 Å². The van der Waals surface area contributed by atoms with Crippen LogP contribution in [-0.4, -0.2) is 6.04 Å². The molecule has 14 heavy (non-hydrogen) atoms. The van der Waals surface area contributed by atoms with Gasteiger partial charge in [0.2, 0.25) is 0 Å². The predicted octanol–water partition coefficient (Wildman–Crippen LogP) is 4.46. The van der Waals surface area contributed by atoms with Crippen molar-refractivity contribution in [2.45, 2.75) is 31.7 Å². The summed E-state index contributed by atoms with van der Waals surface area (Å²) in [6.45, 7) is 0. The number of hydrogen-bond donors (Lipinski definition) is 1. The van der Waals surface area contributed by atoms with Gasteiger partial charge in [-0.05, 0) is 40.9 Å². The average Bonchev–Trinajstić information content (AvgIpc) is 2.66. The lowest BCUT2D eigenvalue weighted by Crippen LogP contribution is -2.14. The van der Waals surface area contributed by atoms with Gasteiger partial charge in [-0.1, -0.05) is 30.5 Å². The summed E-state index contributed by atoms with van der Waals surface area (Å²) in [6.07, 6.45) is 5.21. The Morgan fingerprint density at radius 2 is 2.00 bits per heavy atom. The van der Waals surface area contributed by atoms with Gasteiger partial charge in [0.15, 0.2) is 0 Å². The zero-order valence-electron chi connectivity index (χ0n) is 7.89. The van der Waals surface area contributed by atoms with E-state index in [1.54, 1.807) is 0 Å². The second-order valence-electron chi connectivity index (χ2n) is 3.73. The van der Waals surface area contributed by atoms with Crippen LogP contribution in [0.2, 0.25) is 5.02 Å². The van der Waals surface area contributed by atoms with E-state index in [0.717, 1.165) is 15.2 Å². The summed E-state index contributed by atoms with van der Waals surface area (Å²) in [5.41, 5.74) is 1.05. The molecule has 0 aliphatic heterocycles. The molecule has 0 radical (unpaired) electrons. The van der Waals surface area contributed by atoms with Crippen LogP contribution in [0, 0.1) is 0 Å². The molecule has 76 valence electrons. The van der Waals surface area contributed by atoms with Crippen LogP contribution >= 0.6 is 27.5 Å². The summed E-state index contributed by atoms with van der Waals surface area (Å²) in [5.74, 6) is 0. The van der Waals surface area contributed by atoms with Crippen molar-refractivity contribution in [2.24, 2.45) is 0 Å². The third kappa shape index (κ3) is 2.23. The molecule has 1 aromatic carbocycles. The molecule has 1 aliphatic carbocycles. The lowest BCUT2D eigenvalue weighted by Gasteiger charge is -2.15. The van der Waals surface area contributed by atoms with E-state index in [-0.39, 0.29) is 0 Å². The normalized spacial score (nSPS) is 17.3. The molecule has 0 unspecified atom stereocenters. The van der Waals surface area contributed by atoms with Crippen LogP contribution in [0.1, 0.15) is 25.7 Å². The smallest absolute Gasteiger partial charge is 0.0779 e. The van der Waals surface area contributed by atoms with Crippen LogP contribution in [-0.2, 0) is 0 Å². The highest BCUT2D eigenvalue weighted by Gasteiger charge is 2.15. The van der Waals surface area contributed by atoms with Gasteiger partial charge in [-0.3, -0.25) is 0 Å². The molecule has 3 heteroatoms. The number of nitrogens with one attached hydrogen (secondary N) is 1. The number of benzene rings is 1. The van der Waals surface area contributed by atoms with Crippen LogP contribution in [0.3, 0.4) is 0 Å². The van der Waals surface area contributed by atoms with Gasteiger partial charge in [0, 0.05) is 10.5 Å². The summed E-state index contributed by atoms with van der Waals surface area (Å²) >= 11 is 9.59. The zero-order valence-corrected chi connectivity index (χ0v) is 10.2. The van der Waals surface area contributed by atoms with Crippen molar-refractivity contribution in [1.82, 2.24) is 0 Å². The summed E-state index contributed by atoms with van der Waals surface area (Å²) in [6, 6.07) is 6.61. The molecule has 1 fully saturated rings. The van der Waals surface area contributed by atoms with Gasteiger partial charge in [0.05, 0.1) is 10.7 Å². The molecule has 1 aliphatic rings. The van der Waals surface area contributed by atoms with Crippen LogP contribution < -0.4 is 5.32 Å². The molecule has 0 bridgehead atoms. The lowest BCUT2D eigenvalue weighted by molar-refractivity contribution is 0.755. The SMILES string of the molecule is Clc1c(Br)cccc1NC1CCCC1. The Morgan fingerprint density at radius 1 is 1.29 bits per heavy atom. The molecule has 1 N–H and O–H groups in total. The maximum Gasteiger partial charge on any atom is 0.0779 e. The van der Waals surface area contributed by atoms with E-state index in [2.05, 4.69) is 21.2 Å². The van der Waals surface area contributed by atoms with Crippen molar-refractivity contribution >= 4 is 33.2 Å². The van der Waals surface area contributed by atoms with E-state index in [9.17, 15) is 0 Å². The van der Waals surface area contributed by atoms with Crippen molar-refractivity contribution in [3.63, 3.8) is 0 Å². The molecular formula is C11H13BrClN. The van der Waals surface area contributed by atoms with Gasteiger partial charge in [-0.2, -0.15) is 0 Å². The number of halogens is 2. The first-order valence-electron chi connectivity index (χ1n) is 4.98. The Labute approximate surface area is 98.0 Å². The summed E-state index contributed by atoms with van der Waals surface area (Å²) in [7, 11) is 0. The monoisotopic (exact) mass is 273 g/mol. The topological polar surface area (TPSA) is 12.0 Å². The maximum absolute atomic E-state index is 6.16. The van der Waals surface area contributed by atoms with E-state index in [4.69, 9.17) is 11.6 Å². The van der Waals surface area contributed by atoms with E-state index in [1.165, 1.54) is 25.7 Å². The molecule has 0 saturated heterocycles. The molecule has 0 amide bonds. The third-order valence-electron chi connectivity index (χ3n) is 2.67. The Hall–Kier alpha value is -0.210. The first kappa shape index (κ1) is 10.3. The van der Waals surface area contributed by atoms with Gasteiger partial charge >= 0.3 is 0 Å². The first-order valence-corrected chi connectivity index (χ1v) is 6.15. The zero-order chi connectivity index (χ0) is 9.97. The summed E-state index contributed by atoms with van der Waals surface area (Å²) in [5, 5.41) is 4.28. The van der Waals surface area contributed by atoms with Crippen molar-refractivity contribution < 1.29 is 0 Å². The third-order valence-corrected chi connectivity index (χ3v) is 3.96. The van der Waals surface area contributed by atoms with Gasteiger partial charge in [-0.15, -0.1) is 0 Å². The highest BCUT2D eigenvalue weighted by Crippen LogP contribution is 2.32. The lowest BCUT2D eigenvalue weighted by atomic mass is 10.2.